The standard InChI is InChI=1S/C23H24FNO4/c1-13(2)29-15-8-6-14(7-9-15)16-11-20-17(10-19(16)24)21(26)18(22(27)28)12-25(20)23(3,4)5/h6-13H,1-5H3,(H,27,28). The third-order valence-corrected chi connectivity index (χ3v) is 4.58. The molecule has 29 heavy (non-hydrogen) atoms. The topological polar surface area (TPSA) is 68.5 Å². The number of ether oxygens (including phenoxy) is 1. The molecule has 1 aromatic heterocycles. The summed E-state index contributed by atoms with van der Waals surface area (Å²) in [5.74, 6) is -1.24. The fourth-order valence-electron chi connectivity index (χ4n) is 3.26. The van der Waals surface area contributed by atoms with Gasteiger partial charge in [-0.15, -0.1) is 0 Å². The van der Waals surface area contributed by atoms with E-state index in [2.05, 4.69) is 0 Å². The van der Waals surface area contributed by atoms with Gasteiger partial charge in [0, 0.05) is 22.7 Å². The molecule has 2 aromatic carbocycles. The number of carbonyl (C=O) groups is 1. The molecule has 0 unspecified atom stereocenters. The first kappa shape index (κ1) is 20.6. The number of hydrogen-bond acceptors (Lipinski definition) is 3. The normalized spacial score (nSPS) is 11.8. The van der Waals surface area contributed by atoms with Crippen LogP contribution in [0.4, 0.5) is 4.39 Å². The highest BCUT2D eigenvalue weighted by atomic mass is 19.1. The Morgan fingerprint density at radius 1 is 1.14 bits per heavy atom. The monoisotopic (exact) mass is 397 g/mol. The van der Waals surface area contributed by atoms with Gasteiger partial charge in [-0.1, -0.05) is 12.1 Å². The number of benzene rings is 2. The molecule has 3 aromatic rings. The quantitative estimate of drug-likeness (QED) is 0.669. The minimum atomic E-state index is -1.33. The molecule has 0 fully saturated rings. The number of aromatic nitrogens is 1. The van der Waals surface area contributed by atoms with E-state index in [1.807, 2.05) is 34.6 Å². The Morgan fingerprint density at radius 3 is 2.28 bits per heavy atom. The van der Waals surface area contributed by atoms with E-state index in [4.69, 9.17) is 4.74 Å². The van der Waals surface area contributed by atoms with E-state index < -0.39 is 22.8 Å². The molecule has 5 nitrogen and oxygen atoms in total. The zero-order chi connectivity index (χ0) is 21.5. The van der Waals surface area contributed by atoms with Crippen molar-refractivity contribution >= 4 is 16.9 Å². The molecule has 0 spiro atoms. The number of carboxylic acid groups (broad SMARTS) is 1. The fourth-order valence-corrected chi connectivity index (χ4v) is 3.26. The van der Waals surface area contributed by atoms with Crippen LogP contribution in [-0.2, 0) is 5.54 Å². The lowest BCUT2D eigenvalue weighted by atomic mass is 9.99. The van der Waals surface area contributed by atoms with Crippen LogP contribution < -0.4 is 10.2 Å². The van der Waals surface area contributed by atoms with Crippen LogP contribution in [0.1, 0.15) is 45.0 Å². The summed E-state index contributed by atoms with van der Waals surface area (Å²) >= 11 is 0. The van der Waals surface area contributed by atoms with Crippen LogP contribution in [0.15, 0.2) is 47.4 Å². The Bertz CT molecular complexity index is 1140. The summed E-state index contributed by atoms with van der Waals surface area (Å²) in [5, 5.41) is 9.43. The smallest absolute Gasteiger partial charge is 0.341 e. The molecule has 6 heteroatoms. The molecule has 0 bridgehead atoms. The summed E-state index contributed by atoms with van der Waals surface area (Å²) < 4.78 is 22.3. The van der Waals surface area contributed by atoms with E-state index >= 15 is 0 Å². The number of rotatable bonds is 4. The summed E-state index contributed by atoms with van der Waals surface area (Å²) in [6, 6.07) is 9.77. The van der Waals surface area contributed by atoms with Gasteiger partial charge in [-0.3, -0.25) is 4.79 Å². The maximum atomic E-state index is 14.9. The second-order valence-electron chi connectivity index (χ2n) is 8.26. The first-order valence-electron chi connectivity index (χ1n) is 9.39. The maximum Gasteiger partial charge on any atom is 0.341 e. The van der Waals surface area contributed by atoms with Crippen molar-refractivity contribution in [3.63, 3.8) is 0 Å². The summed E-state index contributed by atoms with van der Waals surface area (Å²) in [7, 11) is 0. The Balaban J connectivity index is 2.26. The molecule has 0 aliphatic carbocycles. The first-order valence-corrected chi connectivity index (χ1v) is 9.39. The van der Waals surface area contributed by atoms with Gasteiger partial charge in [-0.25, -0.2) is 9.18 Å². The van der Waals surface area contributed by atoms with Gasteiger partial charge in [-0.05, 0) is 64.4 Å². The van der Waals surface area contributed by atoms with Gasteiger partial charge in [-0.2, -0.15) is 0 Å². The maximum absolute atomic E-state index is 14.9. The van der Waals surface area contributed by atoms with Crippen molar-refractivity contribution in [3.8, 4) is 16.9 Å². The number of carboxylic acids is 1. The molecular weight excluding hydrogens is 373 g/mol. The highest BCUT2D eigenvalue weighted by Crippen LogP contribution is 2.30. The van der Waals surface area contributed by atoms with Gasteiger partial charge < -0.3 is 14.4 Å². The molecule has 0 radical (unpaired) electrons. The van der Waals surface area contributed by atoms with Crippen molar-refractivity contribution in [2.24, 2.45) is 0 Å². The summed E-state index contributed by atoms with van der Waals surface area (Å²) in [4.78, 5) is 24.1. The van der Waals surface area contributed by atoms with Gasteiger partial charge in [0.15, 0.2) is 0 Å². The molecule has 0 aliphatic heterocycles. The van der Waals surface area contributed by atoms with Gasteiger partial charge in [0.25, 0.3) is 0 Å². The lowest BCUT2D eigenvalue weighted by Crippen LogP contribution is -2.27. The molecule has 152 valence electrons. The van der Waals surface area contributed by atoms with Crippen molar-refractivity contribution in [2.75, 3.05) is 0 Å². The van der Waals surface area contributed by atoms with E-state index in [-0.39, 0.29) is 17.1 Å². The van der Waals surface area contributed by atoms with E-state index in [1.165, 1.54) is 6.20 Å². The van der Waals surface area contributed by atoms with E-state index in [0.29, 0.717) is 22.4 Å². The third-order valence-electron chi connectivity index (χ3n) is 4.58. The first-order chi connectivity index (χ1) is 13.5. The molecule has 3 rings (SSSR count). The van der Waals surface area contributed by atoms with Crippen LogP contribution in [0.25, 0.3) is 22.0 Å². The predicted octanol–water partition coefficient (Wildman–Crippen LogP) is 5.05. The third kappa shape index (κ3) is 4.01. The van der Waals surface area contributed by atoms with E-state index in [9.17, 15) is 19.1 Å². The molecule has 0 aliphatic rings. The zero-order valence-electron chi connectivity index (χ0n) is 17.1. The van der Waals surface area contributed by atoms with Gasteiger partial charge in [0.05, 0.1) is 11.6 Å². The van der Waals surface area contributed by atoms with Crippen LogP contribution in [0.3, 0.4) is 0 Å². The van der Waals surface area contributed by atoms with Crippen molar-refractivity contribution in [1.82, 2.24) is 4.57 Å². The summed E-state index contributed by atoms with van der Waals surface area (Å²) in [6.07, 6.45) is 1.36. The average Bonchev–Trinajstić information content (AvgIpc) is 2.61. The van der Waals surface area contributed by atoms with Crippen molar-refractivity contribution < 1.29 is 19.0 Å². The number of hydrogen-bond donors (Lipinski definition) is 1. The van der Waals surface area contributed by atoms with Gasteiger partial charge in [0.1, 0.15) is 17.1 Å². The Labute approximate surface area is 168 Å². The number of pyridine rings is 1. The van der Waals surface area contributed by atoms with E-state index in [0.717, 1.165) is 6.07 Å². The second-order valence-corrected chi connectivity index (χ2v) is 8.26. The molecular formula is C23H24FNO4. The van der Waals surface area contributed by atoms with Crippen LogP contribution in [-0.4, -0.2) is 21.7 Å². The van der Waals surface area contributed by atoms with Crippen LogP contribution in [0.5, 0.6) is 5.75 Å². The minimum Gasteiger partial charge on any atom is -0.491 e. The molecule has 0 amide bonds. The van der Waals surface area contributed by atoms with E-state index in [1.54, 1.807) is 34.9 Å². The predicted molar refractivity (Wildman–Crippen MR) is 111 cm³/mol. The van der Waals surface area contributed by atoms with Crippen molar-refractivity contribution in [2.45, 2.75) is 46.3 Å². The minimum absolute atomic E-state index is 0.0305. The van der Waals surface area contributed by atoms with Crippen LogP contribution >= 0.6 is 0 Å². The van der Waals surface area contributed by atoms with Gasteiger partial charge >= 0.3 is 5.97 Å². The fraction of sp³-hybridized carbons (Fsp3) is 0.304. The molecule has 1 N–H and O–H groups in total. The second kappa shape index (κ2) is 7.35. The molecule has 0 saturated heterocycles. The Kier molecular flexibility index (Phi) is 5.22. The van der Waals surface area contributed by atoms with Crippen molar-refractivity contribution in [1.29, 1.82) is 0 Å². The Hall–Kier alpha value is -3.15. The molecule has 0 atom stereocenters. The van der Waals surface area contributed by atoms with Crippen LogP contribution in [0.2, 0.25) is 0 Å². The summed E-state index contributed by atoms with van der Waals surface area (Å²) in [5.41, 5.74) is -0.148. The largest absolute Gasteiger partial charge is 0.491 e. The average molecular weight is 397 g/mol. The lowest BCUT2D eigenvalue weighted by Gasteiger charge is -2.26. The highest BCUT2D eigenvalue weighted by molar-refractivity contribution is 5.94. The number of fused-ring (bicyclic) bond motifs is 1. The number of nitrogens with zero attached hydrogens (tertiary/aromatic N) is 1. The molecule has 1 heterocycles. The van der Waals surface area contributed by atoms with Gasteiger partial charge in [0.2, 0.25) is 5.43 Å². The van der Waals surface area contributed by atoms with Crippen molar-refractivity contribution in [3.05, 3.63) is 64.2 Å². The SMILES string of the molecule is CC(C)Oc1ccc(-c2cc3c(cc2F)c(=O)c(C(=O)O)cn3C(C)(C)C)cc1. The lowest BCUT2D eigenvalue weighted by molar-refractivity contribution is 0.0694. The zero-order valence-corrected chi connectivity index (χ0v) is 17.1. The highest BCUT2D eigenvalue weighted by Gasteiger charge is 2.22. The number of aromatic carboxylic acids is 1. The Morgan fingerprint density at radius 2 is 1.76 bits per heavy atom. The van der Waals surface area contributed by atoms with Crippen LogP contribution in [0, 0.1) is 5.82 Å². The number of halogens is 1. The summed E-state index contributed by atoms with van der Waals surface area (Å²) in [6.45, 7) is 9.53. The molecule has 0 saturated carbocycles.